The first kappa shape index (κ1) is 12.0. The Kier molecular flexibility index (Phi) is 3.18. The van der Waals surface area contributed by atoms with Crippen molar-refractivity contribution in [1.82, 2.24) is 19.5 Å². The summed E-state index contributed by atoms with van der Waals surface area (Å²) in [7, 11) is 0. The predicted molar refractivity (Wildman–Crippen MR) is 64.6 cm³/mol. The number of hydrogen-bond acceptors (Lipinski definition) is 6. The van der Waals surface area contributed by atoms with Crippen LogP contribution >= 0.6 is 0 Å². The second-order valence-corrected chi connectivity index (χ2v) is 3.92. The van der Waals surface area contributed by atoms with Crippen LogP contribution in [0.3, 0.4) is 0 Å². The molecular weight excluding hydrogens is 236 g/mol. The molecule has 2 aromatic heterocycles. The maximum absolute atomic E-state index is 11.2. The van der Waals surface area contributed by atoms with E-state index in [1.54, 1.807) is 6.20 Å². The Labute approximate surface area is 103 Å². The molecule has 8 nitrogen and oxygen atoms in total. The molecule has 8 heteroatoms. The molecule has 0 unspecified atom stereocenters. The van der Waals surface area contributed by atoms with Crippen LogP contribution in [0.25, 0.3) is 5.82 Å². The molecule has 94 valence electrons. The van der Waals surface area contributed by atoms with Crippen molar-refractivity contribution in [2.75, 3.05) is 5.32 Å². The average molecular weight is 248 g/mol. The number of anilines is 1. The smallest absolute Gasteiger partial charge is 0.354 e. The molecule has 0 aliphatic rings. The Balaban J connectivity index is 2.56. The van der Waals surface area contributed by atoms with Gasteiger partial charge >= 0.3 is 5.69 Å². The van der Waals surface area contributed by atoms with Crippen LogP contribution in [0.4, 0.5) is 11.5 Å². The summed E-state index contributed by atoms with van der Waals surface area (Å²) in [6, 6.07) is 0.0363. The molecular formula is C10H12N6O2. The Bertz CT molecular complexity index is 552. The lowest BCUT2D eigenvalue weighted by Gasteiger charge is -2.10. The molecule has 2 aromatic rings. The van der Waals surface area contributed by atoms with E-state index >= 15 is 0 Å². The normalized spacial score (nSPS) is 10.6. The van der Waals surface area contributed by atoms with Crippen LogP contribution in [0.2, 0.25) is 0 Å². The summed E-state index contributed by atoms with van der Waals surface area (Å²) in [6.45, 7) is 3.76. The largest absolute Gasteiger partial charge is 0.362 e. The fourth-order valence-electron chi connectivity index (χ4n) is 1.49. The van der Waals surface area contributed by atoms with Gasteiger partial charge in [-0.3, -0.25) is 14.7 Å². The number of nitro groups is 1. The van der Waals surface area contributed by atoms with Crippen molar-refractivity contribution in [1.29, 1.82) is 0 Å². The molecule has 2 rings (SSSR count). The second-order valence-electron chi connectivity index (χ2n) is 3.92. The Morgan fingerprint density at radius 1 is 1.44 bits per heavy atom. The van der Waals surface area contributed by atoms with Gasteiger partial charge in [-0.15, -0.1) is 0 Å². The van der Waals surface area contributed by atoms with Gasteiger partial charge in [0.2, 0.25) is 11.6 Å². The SMILES string of the molecule is CC(C)Nc1ncnc(-n2ccnc2)c1[N+](=O)[O-]. The molecule has 0 radical (unpaired) electrons. The fourth-order valence-corrected chi connectivity index (χ4v) is 1.49. The van der Waals surface area contributed by atoms with E-state index < -0.39 is 4.92 Å². The number of nitrogens with zero attached hydrogens (tertiary/aromatic N) is 5. The number of rotatable bonds is 4. The molecule has 0 aromatic carbocycles. The van der Waals surface area contributed by atoms with Gasteiger partial charge in [-0.05, 0) is 13.8 Å². The minimum absolute atomic E-state index is 0.0363. The zero-order valence-electron chi connectivity index (χ0n) is 9.94. The molecule has 0 bridgehead atoms. The first-order valence-electron chi connectivity index (χ1n) is 5.34. The van der Waals surface area contributed by atoms with Gasteiger partial charge in [0.25, 0.3) is 0 Å². The number of nitrogens with one attached hydrogen (secondary N) is 1. The van der Waals surface area contributed by atoms with Crippen molar-refractivity contribution >= 4 is 11.5 Å². The zero-order chi connectivity index (χ0) is 13.1. The molecule has 0 saturated carbocycles. The summed E-state index contributed by atoms with van der Waals surface area (Å²) >= 11 is 0. The van der Waals surface area contributed by atoms with Gasteiger partial charge in [0.15, 0.2) is 0 Å². The lowest BCUT2D eigenvalue weighted by Crippen LogP contribution is -2.14. The van der Waals surface area contributed by atoms with Crippen LogP contribution in [-0.4, -0.2) is 30.5 Å². The van der Waals surface area contributed by atoms with E-state index in [0.29, 0.717) is 0 Å². The van der Waals surface area contributed by atoms with Crippen molar-refractivity contribution in [3.05, 3.63) is 35.2 Å². The van der Waals surface area contributed by atoms with E-state index in [4.69, 9.17) is 0 Å². The molecule has 0 spiro atoms. The summed E-state index contributed by atoms with van der Waals surface area (Å²) in [4.78, 5) is 22.4. The quantitative estimate of drug-likeness (QED) is 0.648. The summed E-state index contributed by atoms with van der Waals surface area (Å²) in [6.07, 6.45) is 5.86. The Hall–Kier alpha value is -2.51. The highest BCUT2D eigenvalue weighted by Crippen LogP contribution is 2.27. The first-order valence-corrected chi connectivity index (χ1v) is 5.34. The van der Waals surface area contributed by atoms with Crippen molar-refractivity contribution in [2.45, 2.75) is 19.9 Å². The minimum Gasteiger partial charge on any atom is -0.362 e. The van der Waals surface area contributed by atoms with E-state index in [9.17, 15) is 10.1 Å². The monoisotopic (exact) mass is 248 g/mol. The van der Waals surface area contributed by atoms with Gasteiger partial charge in [-0.1, -0.05) is 0 Å². The third-order valence-corrected chi connectivity index (χ3v) is 2.16. The highest BCUT2D eigenvalue weighted by Gasteiger charge is 2.24. The van der Waals surface area contributed by atoms with Gasteiger partial charge < -0.3 is 5.32 Å². The van der Waals surface area contributed by atoms with E-state index in [1.165, 1.54) is 23.4 Å². The van der Waals surface area contributed by atoms with E-state index in [2.05, 4.69) is 20.3 Å². The molecule has 0 aliphatic carbocycles. The lowest BCUT2D eigenvalue weighted by molar-refractivity contribution is -0.384. The first-order chi connectivity index (χ1) is 8.59. The van der Waals surface area contributed by atoms with Crippen molar-refractivity contribution in [3.8, 4) is 5.82 Å². The molecule has 0 saturated heterocycles. The summed E-state index contributed by atoms with van der Waals surface area (Å²) < 4.78 is 1.48. The lowest BCUT2D eigenvalue weighted by atomic mass is 10.3. The fraction of sp³-hybridized carbons (Fsp3) is 0.300. The highest BCUT2D eigenvalue weighted by molar-refractivity contribution is 5.64. The third kappa shape index (κ3) is 2.26. The summed E-state index contributed by atoms with van der Waals surface area (Å²) in [5, 5.41) is 14.1. The maximum atomic E-state index is 11.2. The molecule has 0 amide bonds. The number of aromatic nitrogens is 4. The van der Waals surface area contributed by atoms with Crippen LogP contribution in [0.1, 0.15) is 13.8 Å². The highest BCUT2D eigenvalue weighted by atomic mass is 16.6. The standard InChI is InChI=1S/C10H12N6O2/c1-7(2)14-9-8(16(17)18)10(13-5-12-9)15-4-3-11-6-15/h3-7H,1-2H3,(H,12,13,14). The van der Waals surface area contributed by atoms with Crippen molar-refractivity contribution in [3.63, 3.8) is 0 Å². The molecule has 0 fully saturated rings. The molecule has 1 N–H and O–H groups in total. The Morgan fingerprint density at radius 3 is 2.78 bits per heavy atom. The molecule has 18 heavy (non-hydrogen) atoms. The number of hydrogen-bond donors (Lipinski definition) is 1. The predicted octanol–water partition coefficient (Wildman–Crippen LogP) is 1.39. The van der Waals surface area contributed by atoms with E-state index in [0.717, 1.165) is 0 Å². The van der Waals surface area contributed by atoms with Gasteiger partial charge in [-0.2, -0.15) is 0 Å². The van der Waals surface area contributed by atoms with Gasteiger partial charge in [0.05, 0.1) is 4.92 Å². The topological polar surface area (TPSA) is 98.8 Å². The minimum atomic E-state index is -0.500. The molecule has 0 atom stereocenters. The van der Waals surface area contributed by atoms with Crippen molar-refractivity contribution < 1.29 is 4.92 Å². The van der Waals surface area contributed by atoms with Crippen LogP contribution < -0.4 is 5.32 Å². The van der Waals surface area contributed by atoms with Gasteiger partial charge in [-0.25, -0.2) is 15.0 Å². The Morgan fingerprint density at radius 2 is 2.22 bits per heavy atom. The van der Waals surface area contributed by atoms with Crippen LogP contribution in [0.15, 0.2) is 25.0 Å². The van der Waals surface area contributed by atoms with Gasteiger partial charge in [0, 0.05) is 18.4 Å². The summed E-state index contributed by atoms with van der Waals surface area (Å²) in [5.41, 5.74) is -0.163. The molecule has 0 aliphatic heterocycles. The van der Waals surface area contributed by atoms with Crippen LogP contribution in [0, 0.1) is 10.1 Å². The number of imidazole rings is 1. The van der Waals surface area contributed by atoms with Gasteiger partial charge in [0.1, 0.15) is 12.7 Å². The maximum Gasteiger partial charge on any atom is 0.354 e. The second kappa shape index (κ2) is 4.78. The van der Waals surface area contributed by atoms with Crippen LogP contribution in [0.5, 0.6) is 0 Å². The van der Waals surface area contributed by atoms with E-state index in [1.807, 2.05) is 13.8 Å². The average Bonchev–Trinajstić information content (AvgIpc) is 2.80. The zero-order valence-corrected chi connectivity index (χ0v) is 9.94. The summed E-state index contributed by atoms with van der Waals surface area (Å²) in [5.74, 6) is 0.393. The third-order valence-electron chi connectivity index (χ3n) is 2.16. The van der Waals surface area contributed by atoms with Crippen LogP contribution in [-0.2, 0) is 0 Å². The van der Waals surface area contributed by atoms with E-state index in [-0.39, 0.29) is 23.4 Å². The molecule has 2 heterocycles. The van der Waals surface area contributed by atoms with Crippen molar-refractivity contribution in [2.24, 2.45) is 0 Å².